The molecule has 3 aromatic rings. The van der Waals surface area contributed by atoms with Crippen molar-refractivity contribution in [1.82, 2.24) is 0 Å². The molecule has 2 N–H and O–H groups in total. The number of aliphatic hydroxyl groups excluding tert-OH is 2. The van der Waals surface area contributed by atoms with Gasteiger partial charge in [0, 0.05) is 27.7 Å². The van der Waals surface area contributed by atoms with E-state index in [0.29, 0.717) is 11.3 Å². The van der Waals surface area contributed by atoms with Crippen molar-refractivity contribution in [2.45, 2.75) is 115 Å². The van der Waals surface area contributed by atoms with Gasteiger partial charge in [0.1, 0.15) is 49.0 Å². The summed E-state index contributed by atoms with van der Waals surface area (Å²) in [6, 6.07) is 25.6. The number of carbonyl (C=O) groups is 4. The van der Waals surface area contributed by atoms with Gasteiger partial charge in [-0.05, 0) is 28.8 Å². The van der Waals surface area contributed by atoms with Crippen molar-refractivity contribution in [2.24, 2.45) is 0 Å². The summed E-state index contributed by atoms with van der Waals surface area (Å²) in [5.41, 5.74) is 2.33. The molecule has 0 radical (unpaired) electrons. The van der Waals surface area contributed by atoms with E-state index >= 15 is 0 Å². The number of ether oxygens (including phenoxy) is 11. The molecule has 17 nitrogen and oxygen atoms in total. The summed E-state index contributed by atoms with van der Waals surface area (Å²) in [6.07, 6.45) is -16.5. The van der Waals surface area contributed by atoms with E-state index in [1.54, 1.807) is 24.3 Å². The molecule has 60 heavy (non-hydrogen) atoms. The van der Waals surface area contributed by atoms with Gasteiger partial charge < -0.3 is 62.3 Å². The SMILES string of the molecule is COc1ccc(CO[C@@H]2[C@H](O)[C@@H](O)O[C@H]([C@H](COCc3ccccc3)OCc3ccccc3)[C@H]2O[C@@H]2O[C@H](COC(C)=O)[C@@H](OC(C)=O)[C@H](OC(C)=O)[C@H]2OC(C)=O)cc1. The van der Waals surface area contributed by atoms with Gasteiger partial charge in [0.25, 0.3) is 0 Å². The molecule has 2 heterocycles. The lowest BCUT2D eigenvalue weighted by Gasteiger charge is -2.49. The van der Waals surface area contributed by atoms with Crippen molar-refractivity contribution in [3.05, 3.63) is 102 Å². The van der Waals surface area contributed by atoms with Crippen LogP contribution in [0.3, 0.4) is 0 Å². The van der Waals surface area contributed by atoms with Crippen molar-refractivity contribution >= 4 is 23.9 Å². The van der Waals surface area contributed by atoms with Crippen LogP contribution in [0.4, 0.5) is 0 Å². The first kappa shape index (κ1) is 46.1. The molecule has 2 aliphatic rings. The first-order valence-electron chi connectivity index (χ1n) is 19.3. The van der Waals surface area contributed by atoms with Crippen LogP contribution in [0.2, 0.25) is 0 Å². The second-order valence-corrected chi connectivity index (χ2v) is 14.1. The molecule has 3 aromatic carbocycles. The first-order chi connectivity index (χ1) is 28.8. The van der Waals surface area contributed by atoms with E-state index in [-0.39, 0.29) is 26.4 Å². The monoisotopic (exact) mass is 840 g/mol. The van der Waals surface area contributed by atoms with Crippen LogP contribution in [0, 0.1) is 0 Å². The molecule has 326 valence electrons. The Balaban J connectivity index is 1.57. The fourth-order valence-corrected chi connectivity index (χ4v) is 6.76. The van der Waals surface area contributed by atoms with Crippen LogP contribution in [-0.4, -0.2) is 122 Å². The largest absolute Gasteiger partial charge is 0.497 e. The third-order valence-electron chi connectivity index (χ3n) is 9.48. The predicted octanol–water partition coefficient (Wildman–Crippen LogP) is 2.93. The number of benzene rings is 3. The molecule has 0 aromatic heterocycles. The summed E-state index contributed by atoms with van der Waals surface area (Å²) in [4.78, 5) is 49.6. The summed E-state index contributed by atoms with van der Waals surface area (Å²) in [5, 5.41) is 22.8. The maximum absolute atomic E-state index is 12.7. The topological polar surface area (TPSA) is 210 Å². The van der Waals surface area contributed by atoms with E-state index < -0.39 is 98.0 Å². The standard InChI is InChI=1S/C43H52O17/c1-25(44)52-24-34-37(55-26(2)45)40(56-27(3)46)41(57-28(4)47)43(58-34)60-39-36(59-42(49)35(48)38(39)54-22-31-16-18-32(50-5)19-17-31)33(53-21-30-14-10-7-11-15-30)23-51-20-29-12-8-6-9-13-29/h6-19,33-43,48-49H,20-24H2,1-5H3/t33-,34+,35-,36+,37+,38+,39+,40-,41+,42-,43-/m0/s1. The highest BCUT2D eigenvalue weighted by atomic mass is 16.8. The van der Waals surface area contributed by atoms with Gasteiger partial charge in [-0.25, -0.2) is 0 Å². The zero-order valence-corrected chi connectivity index (χ0v) is 34.0. The average molecular weight is 841 g/mol. The van der Waals surface area contributed by atoms with E-state index in [1.165, 1.54) is 7.11 Å². The van der Waals surface area contributed by atoms with Crippen LogP contribution in [0.25, 0.3) is 0 Å². The number of aliphatic hydroxyl groups is 2. The molecule has 0 bridgehead atoms. The molecular formula is C43H52O17. The van der Waals surface area contributed by atoms with E-state index in [2.05, 4.69) is 0 Å². The summed E-state index contributed by atoms with van der Waals surface area (Å²) in [7, 11) is 1.53. The maximum Gasteiger partial charge on any atom is 0.303 e. The highest BCUT2D eigenvalue weighted by molar-refractivity contribution is 5.68. The normalized spacial score (nSPS) is 26.9. The molecule has 0 aliphatic carbocycles. The maximum atomic E-state index is 12.7. The van der Waals surface area contributed by atoms with E-state index in [1.807, 2.05) is 60.7 Å². The summed E-state index contributed by atoms with van der Waals surface area (Å²) in [6.45, 7) is 3.93. The average Bonchev–Trinajstić information content (AvgIpc) is 3.22. The molecule has 0 saturated carbocycles. The molecule has 0 unspecified atom stereocenters. The van der Waals surface area contributed by atoms with Crippen molar-refractivity contribution in [2.75, 3.05) is 20.3 Å². The van der Waals surface area contributed by atoms with Gasteiger partial charge in [-0.3, -0.25) is 19.2 Å². The quantitative estimate of drug-likeness (QED) is 0.131. The van der Waals surface area contributed by atoms with Crippen LogP contribution in [0.15, 0.2) is 84.9 Å². The van der Waals surface area contributed by atoms with Crippen LogP contribution in [0.5, 0.6) is 5.75 Å². The number of hydrogen-bond donors (Lipinski definition) is 2. The molecule has 11 atom stereocenters. The highest BCUT2D eigenvalue weighted by Gasteiger charge is 2.57. The van der Waals surface area contributed by atoms with Gasteiger partial charge in [0.15, 0.2) is 30.9 Å². The molecule has 2 saturated heterocycles. The second-order valence-electron chi connectivity index (χ2n) is 14.1. The smallest absolute Gasteiger partial charge is 0.303 e. The van der Waals surface area contributed by atoms with Crippen molar-refractivity contribution in [3.63, 3.8) is 0 Å². The van der Waals surface area contributed by atoms with Gasteiger partial charge in [-0.1, -0.05) is 72.8 Å². The Bertz CT molecular complexity index is 1810. The molecule has 2 fully saturated rings. The Hall–Kier alpha value is -4.98. The lowest BCUT2D eigenvalue weighted by atomic mass is 9.93. The Morgan fingerprint density at radius 1 is 0.633 bits per heavy atom. The Morgan fingerprint density at radius 3 is 1.78 bits per heavy atom. The summed E-state index contributed by atoms with van der Waals surface area (Å²) < 4.78 is 65.3. The number of methoxy groups -OCH3 is 1. The molecule has 2 aliphatic heterocycles. The van der Waals surface area contributed by atoms with Crippen LogP contribution >= 0.6 is 0 Å². The lowest BCUT2D eigenvalue weighted by Crippen LogP contribution is -2.67. The zero-order valence-electron chi connectivity index (χ0n) is 34.0. The molecule has 0 amide bonds. The van der Waals surface area contributed by atoms with Crippen LogP contribution in [0.1, 0.15) is 44.4 Å². The molecule has 0 spiro atoms. The Labute approximate surface area is 347 Å². The van der Waals surface area contributed by atoms with Gasteiger partial charge >= 0.3 is 23.9 Å². The fraction of sp³-hybridized carbons (Fsp3) is 0.488. The minimum absolute atomic E-state index is 0.0574. The lowest BCUT2D eigenvalue weighted by molar-refractivity contribution is -0.367. The van der Waals surface area contributed by atoms with E-state index in [0.717, 1.165) is 38.8 Å². The number of esters is 4. The van der Waals surface area contributed by atoms with Crippen LogP contribution < -0.4 is 4.74 Å². The minimum Gasteiger partial charge on any atom is -0.497 e. The van der Waals surface area contributed by atoms with E-state index in [4.69, 9.17) is 52.1 Å². The number of carbonyl (C=O) groups excluding carboxylic acids is 4. The van der Waals surface area contributed by atoms with Gasteiger partial charge in [-0.15, -0.1) is 0 Å². The Morgan fingerprint density at radius 2 is 1.20 bits per heavy atom. The van der Waals surface area contributed by atoms with Gasteiger partial charge in [0.2, 0.25) is 0 Å². The van der Waals surface area contributed by atoms with Crippen molar-refractivity contribution < 1.29 is 81.5 Å². The predicted molar refractivity (Wildman–Crippen MR) is 206 cm³/mol. The third-order valence-corrected chi connectivity index (χ3v) is 9.48. The van der Waals surface area contributed by atoms with Crippen LogP contribution in [-0.2, 0) is 86.4 Å². The highest BCUT2D eigenvalue weighted by Crippen LogP contribution is 2.36. The molecular weight excluding hydrogens is 788 g/mol. The first-order valence-corrected chi connectivity index (χ1v) is 19.3. The molecule has 5 rings (SSSR count). The molecule has 17 heteroatoms. The van der Waals surface area contributed by atoms with Crippen molar-refractivity contribution in [1.29, 1.82) is 0 Å². The van der Waals surface area contributed by atoms with E-state index in [9.17, 15) is 29.4 Å². The number of hydrogen-bond acceptors (Lipinski definition) is 17. The Kier molecular flexibility index (Phi) is 17.3. The number of rotatable bonds is 19. The summed E-state index contributed by atoms with van der Waals surface area (Å²) >= 11 is 0. The van der Waals surface area contributed by atoms with Gasteiger partial charge in [0.05, 0.1) is 33.5 Å². The van der Waals surface area contributed by atoms with Crippen molar-refractivity contribution in [3.8, 4) is 5.75 Å². The summed E-state index contributed by atoms with van der Waals surface area (Å²) in [5.74, 6) is -2.62. The van der Waals surface area contributed by atoms with Gasteiger partial charge in [-0.2, -0.15) is 0 Å². The minimum atomic E-state index is -1.83. The third kappa shape index (κ3) is 13.3. The second kappa shape index (κ2) is 22.6. The zero-order chi connectivity index (χ0) is 43.2. The fourth-order valence-electron chi connectivity index (χ4n) is 6.76.